The van der Waals surface area contributed by atoms with Gasteiger partial charge in [-0.3, -0.25) is 19.3 Å². The number of carboxylic acid groups (broad SMARTS) is 1. The lowest BCUT2D eigenvalue weighted by Gasteiger charge is -2.49. The minimum Gasteiger partial charge on any atom is -0.477 e. The van der Waals surface area contributed by atoms with Crippen LogP contribution >= 0.6 is 58.3 Å². The van der Waals surface area contributed by atoms with E-state index in [4.69, 9.17) is 39.5 Å². The Labute approximate surface area is 276 Å². The number of rotatable bonds is 9. The molecule has 1 aromatic rings. The van der Waals surface area contributed by atoms with E-state index in [9.17, 15) is 29.1 Å². The number of hydrogen-bond donors (Lipinski definition) is 2. The molecule has 0 bridgehead atoms. The Balaban J connectivity index is 1.22. The Kier molecular flexibility index (Phi) is 10.1. The van der Waals surface area contributed by atoms with E-state index in [1.54, 1.807) is 21.9 Å². The second-order valence-electron chi connectivity index (χ2n) is 10.3. The molecule has 11 nitrogen and oxygen atoms in total. The number of hydrogen-bond acceptors (Lipinski definition) is 8. The molecule has 1 aromatic carbocycles. The number of fused-ring (bicyclic) bond motifs is 1. The largest absolute Gasteiger partial charge is 0.477 e. The maximum Gasteiger partial charge on any atom is 0.410 e. The van der Waals surface area contributed by atoms with E-state index in [1.807, 2.05) is 0 Å². The molecule has 2 unspecified atom stereocenters. The standard InChI is InChI=1S/C28H27Cl3N4O7S2/c1-2-7-42-28(41)33-5-4-16(11-33)34-6-3-14(24(34)37)8-15-12-44-26-22(25(38)35(26)23(15)27(39)40)32-21(36)13-43-20-10-18(30)17(29)9-19(20)31/h2,8-10,16,22,26H,1,3-7,11-13H2,(H,32,36)(H,39,40)/t16-,22?,26?/m0/s1. The van der Waals surface area contributed by atoms with Gasteiger partial charge in [-0.15, -0.1) is 23.5 Å². The first kappa shape index (κ1) is 32.6. The first-order chi connectivity index (χ1) is 21.0. The third-order valence-corrected chi connectivity index (χ3v) is 11.0. The van der Waals surface area contributed by atoms with Crippen molar-refractivity contribution in [1.29, 1.82) is 0 Å². The van der Waals surface area contributed by atoms with E-state index < -0.39 is 35.3 Å². The molecule has 3 atom stereocenters. The minimum atomic E-state index is -1.29. The van der Waals surface area contributed by atoms with Crippen LogP contribution in [0.1, 0.15) is 12.8 Å². The van der Waals surface area contributed by atoms with Gasteiger partial charge in [0.25, 0.3) is 5.91 Å². The highest BCUT2D eigenvalue weighted by Crippen LogP contribution is 2.42. The van der Waals surface area contributed by atoms with Crippen LogP contribution in [0.4, 0.5) is 4.79 Å². The maximum atomic E-state index is 13.3. The van der Waals surface area contributed by atoms with Crippen LogP contribution in [0.3, 0.4) is 0 Å². The van der Waals surface area contributed by atoms with Gasteiger partial charge >= 0.3 is 12.1 Å². The van der Waals surface area contributed by atoms with Gasteiger partial charge in [0.05, 0.1) is 26.9 Å². The molecule has 0 saturated carbocycles. The van der Waals surface area contributed by atoms with Crippen LogP contribution in [0.5, 0.6) is 0 Å². The number of nitrogens with zero attached hydrogens (tertiary/aromatic N) is 3. The zero-order chi connectivity index (χ0) is 31.7. The lowest BCUT2D eigenvalue weighted by Crippen LogP contribution is -2.70. The fraction of sp³-hybridized carbons (Fsp3) is 0.393. The van der Waals surface area contributed by atoms with E-state index in [0.717, 1.165) is 16.7 Å². The monoisotopic (exact) mass is 700 g/mol. The van der Waals surface area contributed by atoms with E-state index >= 15 is 0 Å². The zero-order valence-corrected chi connectivity index (χ0v) is 27.0. The molecule has 3 saturated heterocycles. The summed E-state index contributed by atoms with van der Waals surface area (Å²) in [4.78, 5) is 68.5. The summed E-state index contributed by atoms with van der Waals surface area (Å²) in [5.74, 6) is -2.31. The Hall–Kier alpha value is -2.84. The lowest BCUT2D eigenvalue weighted by atomic mass is 10.0. The van der Waals surface area contributed by atoms with Gasteiger partial charge in [-0.2, -0.15) is 0 Å². The molecule has 44 heavy (non-hydrogen) atoms. The van der Waals surface area contributed by atoms with Crippen LogP contribution in [0.2, 0.25) is 15.1 Å². The first-order valence-corrected chi connectivity index (χ1v) is 16.7. The molecule has 2 N–H and O–H groups in total. The fourth-order valence-corrected chi connectivity index (χ4v) is 8.29. The molecule has 3 fully saturated rings. The number of nitrogens with one attached hydrogen (secondary N) is 1. The number of carbonyl (C=O) groups excluding carboxylic acids is 4. The average molecular weight is 702 g/mol. The van der Waals surface area contributed by atoms with Gasteiger partial charge in [0.2, 0.25) is 11.8 Å². The zero-order valence-electron chi connectivity index (χ0n) is 23.1. The topological polar surface area (TPSA) is 137 Å². The van der Waals surface area contributed by atoms with E-state index in [-0.39, 0.29) is 40.8 Å². The number of amides is 4. The van der Waals surface area contributed by atoms with Crippen LogP contribution in [0.15, 0.2) is 52.6 Å². The summed E-state index contributed by atoms with van der Waals surface area (Å²) in [6, 6.07) is 1.96. The molecule has 5 rings (SSSR count). The summed E-state index contributed by atoms with van der Waals surface area (Å²) in [5, 5.41) is 13.0. The second-order valence-corrected chi connectivity index (χ2v) is 13.6. The van der Waals surface area contributed by atoms with Crippen LogP contribution in [-0.2, 0) is 23.9 Å². The Morgan fingerprint density at radius 2 is 1.91 bits per heavy atom. The predicted molar refractivity (Wildman–Crippen MR) is 168 cm³/mol. The van der Waals surface area contributed by atoms with Crippen molar-refractivity contribution < 1.29 is 33.8 Å². The molecule has 0 spiro atoms. The van der Waals surface area contributed by atoms with Gasteiger partial charge < -0.3 is 25.0 Å². The SMILES string of the molecule is C=CCOC(=O)N1CC[C@H](N2CCC(=CC3=C(C(=O)O)N4C(=O)C(NC(=O)CSc5cc(Cl)c(Cl)cc5Cl)C4SC3)C2=O)C1. The molecule has 16 heteroatoms. The van der Waals surface area contributed by atoms with E-state index in [2.05, 4.69) is 11.9 Å². The van der Waals surface area contributed by atoms with Crippen molar-refractivity contribution in [3.05, 3.63) is 62.8 Å². The van der Waals surface area contributed by atoms with E-state index in [0.29, 0.717) is 58.6 Å². The predicted octanol–water partition coefficient (Wildman–Crippen LogP) is 4.03. The smallest absolute Gasteiger partial charge is 0.410 e. The highest BCUT2D eigenvalue weighted by atomic mass is 35.5. The van der Waals surface area contributed by atoms with E-state index in [1.165, 1.54) is 23.9 Å². The molecule has 4 amide bonds. The van der Waals surface area contributed by atoms with Crippen LogP contribution in [-0.4, -0.2) is 105 Å². The summed E-state index contributed by atoms with van der Waals surface area (Å²) in [6.45, 7) is 4.89. The third kappa shape index (κ3) is 6.57. The Bertz CT molecular complexity index is 1500. The molecule has 4 aliphatic heterocycles. The van der Waals surface area contributed by atoms with Gasteiger partial charge in [-0.25, -0.2) is 9.59 Å². The number of allylic oxidation sites excluding steroid dienone is 1. The first-order valence-electron chi connectivity index (χ1n) is 13.5. The lowest BCUT2D eigenvalue weighted by molar-refractivity contribution is -0.150. The Morgan fingerprint density at radius 1 is 1.16 bits per heavy atom. The normalized spacial score (nSPS) is 24.0. The van der Waals surface area contributed by atoms with Gasteiger partial charge in [-0.1, -0.05) is 47.5 Å². The van der Waals surface area contributed by atoms with Gasteiger partial charge in [-0.05, 0) is 36.6 Å². The van der Waals surface area contributed by atoms with Gasteiger partial charge in [0.1, 0.15) is 23.7 Å². The van der Waals surface area contributed by atoms with Gasteiger partial charge in [0, 0.05) is 35.9 Å². The average Bonchev–Trinajstić information content (AvgIpc) is 3.62. The molecule has 234 valence electrons. The number of thioether (sulfide) groups is 2. The van der Waals surface area contributed by atoms with Crippen molar-refractivity contribution in [1.82, 2.24) is 20.0 Å². The molecular formula is C28H27Cl3N4O7S2. The highest BCUT2D eigenvalue weighted by molar-refractivity contribution is 8.00. The maximum absolute atomic E-state index is 13.3. The number of ether oxygens (including phenoxy) is 1. The molecule has 0 aliphatic carbocycles. The van der Waals surface area contributed by atoms with Crippen LogP contribution in [0, 0.1) is 0 Å². The summed E-state index contributed by atoms with van der Waals surface area (Å²) >= 11 is 20.6. The number of likely N-dealkylation sites (tertiary alicyclic amines) is 2. The molecule has 4 aliphatic rings. The van der Waals surface area contributed by atoms with Gasteiger partial charge in [0.15, 0.2) is 0 Å². The van der Waals surface area contributed by atoms with Crippen molar-refractivity contribution in [2.45, 2.75) is 35.2 Å². The number of carbonyl (C=O) groups is 5. The highest BCUT2D eigenvalue weighted by Gasteiger charge is 2.54. The summed E-state index contributed by atoms with van der Waals surface area (Å²) in [5.41, 5.74) is 0.603. The molecule has 0 aromatic heterocycles. The second kappa shape index (κ2) is 13.7. The number of aliphatic carboxylic acids is 1. The van der Waals surface area contributed by atoms with Crippen molar-refractivity contribution in [2.24, 2.45) is 0 Å². The Morgan fingerprint density at radius 3 is 2.64 bits per heavy atom. The number of halogens is 3. The molecule has 4 heterocycles. The summed E-state index contributed by atoms with van der Waals surface area (Å²) < 4.78 is 5.09. The van der Waals surface area contributed by atoms with Crippen molar-refractivity contribution >= 4 is 88.1 Å². The van der Waals surface area contributed by atoms with Crippen molar-refractivity contribution in [2.75, 3.05) is 37.7 Å². The summed E-state index contributed by atoms with van der Waals surface area (Å²) in [6.07, 6.45) is 3.62. The van der Waals surface area contributed by atoms with Crippen molar-refractivity contribution in [3.8, 4) is 0 Å². The van der Waals surface area contributed by atoms with Crippen molar-refractivity contribution in [3.63, 3.8) is 0 Å². The third-order valence-electron chi connectivity index (χ3n) is 7.54. The number of benzene rings is 1. The van der Waals surface area contributed by atoms with Crippen LogP contribution in [0.25, 0.3) is 0 Å². The minimum absolute atomic E-state index is 0.0504. The fourth-order valence-electron chi connectivity index (χ4n) is 5.44. The number of β-lactam (4-membered cyclic amide) rings is 1. The molecule has 0 radical (unpaired) electrons. The summed E-state index contributed by atoms with van der Waals surface area (Å²) in [7, 11) is 0. The van der Waals surface area contributed by atoms with Crippen LogP contribution < -0.4 is 5.32 Å². The number of carboxylic acids is 1. The quantitative estimate of drug-likeness (QED) is 0.129. The molecular weight excluding hydrogens is 675 g/mol.